The number of aliphatic carboxylic acids is 1. The van der Waals surface area contributed by atoms with Crippen molar-refractivity contribution in [3.63, 3.8) is 0 Å². The van der Waals surface area contributed by atoms with Gasteiger partial charge in [-0.15, -0.1) is 0 Å². The summed E-state index contributed by atoms with van der Waals surface area (Å²) in [5.41, 5.74) is 0.572. The van der Waals surface area contributed by atoms with Crippen molar-refractivity contribution in [3.8, 4) is 0 Å². The smallest absolute Gasteiger partial charge is 0.321 e. The molecule has 0 radical (unpaired) electrons. The van der Waals surface area contributed by atoms with Crippen LogP contribution in [0.5, 0.6) is 0 Å². The van der Waals surface area contributed by atoms with Gasteiger partial charge in [-0.1, -0.05) is 28.1 Å². The normalized spacial score (nSPS) is 13.4. The number of hydrogen-bond donors (Lipinski definition) is 1. The summed E-state index contributed by atoms with van der Waals surface area (Å²) in [6.07, 6.45) is 0. The highest BCUT2D eigenvalue weighted by Crippen LogP contribution is 2.16. The zero-order valence-corrected chi connectivity index (χ0v) is 11.0. The Kier molecular flexibility index (Phi) is 4.09. The lowest BCUT2D eigenvalue weighted by Gasteiger charge is -2.08. The number of hydrogen-bond acceptors (Lipinski definition) is 3. The molecule has 6 heteroatoms. The average Bonchev–Trinajstić information content (AvgIpc) is 2.15. The Balaban J connectivity index is 2.93. The monoisotopic (exact) mass is 306 g/mol. The van der Waals surface area contributed by atoms with Gasteiger partial charge in [-0.2, -0.15) is 0 Å². The second-order valence-electron chi connectivity index (χ2n) is 3.42. The SMILES string of the molecule is C[C@@H](C(=O)O)S(=O)(=O)Cc1cccc(Br)c1. The predicted octanol–water partition coefficient (Wildman–Crippen LogP) is 1.84. The summed E-state index contributed by atoms with van der Waals surface area (Å²) in [4.78, 5) is 10.6. The summed E-state index contributed by atoms with van der Waals surface area (Å²) >= 11 is 3.22. The summed E-state index contributed by atoms with van der Waals surface area (Å²) < 4.78 is 24.1. The summed E-state index contributed by atoms with van der Waals surface area (Å²) in [6, 6.07) is 6.79. The predicted molar refractivity (Wildman–Crippen MR) is 63.9 cm³/mol. The third-order valence-electron chi connectivity index (χ3n) is 2.14. The lowest BCUT2D eigenvalue weighted by Crippen LogP contribution is -2.28. The Hall–Kier alpha value is -0.880. The lowest BCUT2D eigenvalue weighted by atomic mass is 10.2. The fraction of sp³-hybridized carbons (Fsp3) is 0.300. The van der Waals surface area contributed by atoms with Crippen LogP contribution in [0.25, 0.3) is 0 Å². The molecule has 16 heavy (non-hydrogen) atoms. The van der Waals surface area contributed by atoms with Gasteiger partial charge < -0.3 is 5.11 Å². The minimum atomic E-state index is -3.65. The van der Waals surface area contributed by atoms with Crippen LogP contribution >= 0.6 is 15.9 Å². The molecule has 0 aromatic heterocycles. The fourth-order valence-corrected chi connectivity index (χ4v) is 2.79. The molecule has 0 saturated carbocycles. The first-order valence-electron chi connectivity index (χ1n) is 4.52. The van der Waals surface area contributed by atoms with E-state index in [1.54, 1.807) is 24.3 Å². The van der Waals surface area contributed by atoms with Crippen molar-refractivity contribution in [2.75, 3.05) is 0 Å². The van der Waals surface area contributed by atoms with Gasteiger partial charge in [-0.3, -0.25) is 4.79 Å². The first kappa shape index (κ1) is 13.2. The molecule has 1 rings (SSSR count). The van der Waals surface area contributed by atoms with Crippen LogP contribution in [-0.2, 0) is 20.4 Å². The van der Waals surface area contributed by atoms with Crippen molar-refractivity contribution in [1.29, 1.82) is 0 Å². The number of halogens is 1. The number of sulfone groups is 1. The summed E-state index contributed by atoms with van der Waals surface area (Å²) in [5, 5.41) is 7.28. The highest BCUT2D eigenvalue weighted by molar-refractivity contribution is 9.10. The van der Waals surface area contributed by atoms with Gasteiger partial charge in [0.1, 0.15) is 0 Å². The second kappa shape index (κ2) is 4.97. The molecule has 0 fully saturated rings. The molecule has 0 aliphatic rings. The van der Waals surface area contributed by atoms with E-state index in [9.17, 15) is 13.2 Å². The van der Waals surface area contributed by atoms with Gasteiger partial charge in [0.15, 0.2) is 15.1 Å². The molecule has 1 atom stereocenters. The summed E-state index contributed by atoms with van der Waals surface area (Å²) in [6.45, 7) is 1.18. The maximum absolute atomic E-state index is 11.7. The zero-order chi connectivity index (χ0) is 12.3. The molecule has 88 valence electrons. The van der Waals surface area contributed by atoms with E-state index in [2.05, 4.69) is 15.9 Å². The Morgan fingerprint density at radius 3 is 2.62 bits per heavy atom. The van der Waals surface area contributed by atoms with Gasteiger partial charge >= 0.3 is 5.97 Å². The van der Waals surface area contributed by atoms with E-state index in [4.69, 9.17) is 5.11 Å². The largest absolute Gasteiger partial charge is 0.480 e. The van der Waals surface area contributed by atoms with E-state index in [-0.39, 0.29) is 5.75 Å². The van der Waals surface area contributed by atoms with E-state index in [0.29, 0.717) is 5.56 Å². The molecule has 0 spiro atoms. The topological polar surface area (TPSA) is 71.4 Å². The third kappa shape index (κ3) is 3.31. The summed E-state index contributed by atoms with van der Waals surface area (Å²) in [5.74, 6) is -1.59. The van der Waals surface area contributed by atoms with Crippen molar-refractivity contribution >= 4 is 31.7 Å². The lowest BCUT2D eigenvalue weighted by molar-refractivity contribution is -0.136. The van der Waals surface area contributed by atoms with Crippen molar-refractivity contribution in [3.05, 3.63) is 34.3 Å². The first-order chi connectivity index (χ1) is 7.33. The van der Waals surface area contributed by atoms with Crippen LogP contribution in [0.2, 0.25) is 0 Å². The number of carbonyl (C=O) groups is 1. The molecule has 0 heterocycles. The highest BCUT2D eigenvalue weighted by atomic mass is 79.9. The van der Waals surface area contributed by atoms with E-state index in [1.165, 1.54) is 6.92 Å². The van der Waals surface area contributed by atoms with Crippen LogP contribution in [0.4, 0.5) is 0 Å². The number of carboxylic acids is 1. The average molecular weight is 307 g/mol. The van der Waals surface area contributed by atoms with Gasteiger partial charge in [-0.05, 0) is 24.6 Å². The summed E-state index contributed by atoms with van der Waals surface area (Å²) in [7, 11) is -3.65. The molecule has 0 unspecified atom stereocenters. The van der Waals surface area contributed by atoms with Crippen molar-refractivity contribution in [2.24, 2.45) is 0 Å². The molecular formula is C10H11BrO4S. The van der Waals surface area contributed by atoms with Crippen LogP contribution in [0, 0.1) is 0 Å². The molecule has 1 N–H and O–H groups in total. The zero-order valence-electron chi connectivity index (χ0n) is 8.55. The van der Waals surface area contributed by atoms with Crippen molar-refractivity contribution in [1.82, 2.24) is 0 Å². The second-order valence-corrected chi connectivity index (χ2v) is 6.65. The number of carboxylic acid groups (broad SMARTS) is 1. The third-order valence-corrected chi connectivity index (χ3v) is 4.65. The molecule has 0 aliphatic carbocycles. The molecule has 0 amide bonds. The number of benzene rings is 1. The van der Waals surface area contributed by atoms with Crippen LogP contribution < -0.4 is 0 Å². The number of rotatable bonds is 4. The van der Waals surface area contributed by atoms with Gasteiger partial charge in [-0.25, -0.2) is 8.42 Å². The minimum absolute atomic E-state index is 0.264. The van der Waals surface area contributed by atoms with Crippen LogP contribution in [-0.4, -0.2) is 24.7 Å². The van der Waals surface area contributed by atoms with E-state index in [1.807, 2.05) is 0 Å². The quantitative estimate of drug-likeness (QED) is 0.921. The van der Waals surface area contributed by atoms with Crippen LogP contribution in [0.3, 0.4) is 0 Å². The fourth-order valence-electron chi connectivity index (χ4n) is 1.14. The van der Waals surface area contributed by atoms with E-state index >= 15 is 0 Å². The molecule has 0 saturated heterocycles. The van der Waals surface area contributed by atoms with E-state index in [0.717, 1.165) is 4.47 Å². The Bertz CT molecular complexity index is 495. The Labute approximate surface area is 102 Å². The van der Waals surface area contributed by atoms with Crippen molar-refractivity contribution in [2.45, 2.75) is 17.9 Å². The van der Waals surface area contributed by atoms with Crippen LogP contribution in [0.1, 0.15) is 12.5 Å². The Morgan fingerprint density at radius 1 is 1.50 bits per heavy atom. The standard InChI is InChI=1S/C10H11BrO4S/c1-7(10(12)13)16(14,15)6-8-3-2-4-9(11)5-8/h2-5,7H,6H2,1H3,(H,12,13)/t7-/m0/s1. The molecule has 0 bridgehead atoms. The van der Waals surface area contributed by atoms with Gasteiger partial charge in [0.2, 0.25) is 0 Å². The molecule has 4 nitrogen and oxygen atoms in total. The Morgan fingerprint density at radius 2 is 2.12 bits per heavy atom. The maximum atomic E-state index is 11.7. The van der Waals surface area contributed by atoms with Crippen LogP contribution in [0.15, 0.2) is 28.7 Å². The highest BCUT2D eigenvalue weighted by Gasteiger charge is 2.27. The first-order valence-corrected chi connectivity index (χ1v) is 7.02. The molecule has 1 aromatic rings. The maximum Gasteiger partial charge on any atom is 0.321 e. The van der Waals surface area contributed by atoms with E-state index < -0.39 is 21.1 Å². The van der Waals surface area contributed by atoms with Gasteiger partial charge in [0.25, 0.3) is 0 Å². The minimum Gasteiger partial charge on any atom is -0.480 e. The molecular weight excluding hydrogens is 296 g/mol. The van der Waals surface area contributed by atoms with Gasteiger partial charge in [0.05, 0.1) is 5.75 Å². The van der Waals surface area contributed by atoms with Crippen molar-refractivity contribution < 1.29 is 18.3 Å². The molecule has 0 aliphatic heterocycles. The van der Waals surface area contributed by atoms with Gasteiger partial charge in [0, 0.05) is 4.47 Å². The molecule has 1 aromatic carbocycles.